The molecular formula is C11H13IN2OS. The second kappa shape index (κ2) is 6.05. The summed E-state index contributed by atoms with van der Waals surface area (Å²) in [5.74, 6) is 0.852. The number of hydrogen-bond donors (Lipinski definition) is 1. The summed E-state index contributed by atoms with van der Waals surface area (Å²) in [6, 6.07) is 7.84. The van der Waals surface area contributed by atoms with Crippen molar-refractivity contribution in [2.75, 3.05) is 12.3 Å². The average molecular weight is 348 g/mol. The number of halogens is 1. The van der Waals surface area contributed by atoms with Gasteiger partial charge in [0.1, 0.15) is 5.75 Å². The van der Waals surface area contributed by atoms with E-state index in [1.807, 2.05) is 36.6 Å². The van der Waals surface area contributed by atoms with E-state index >= 15 is 0 Å². The quantitative estimate of drug-likeness (QED) is 0.865. The Bertz CT molecular complexity index is 459. The minimum absolute atomic E-state index is 0. The Labute approximate surface area is 116 Å². The van der Waals surface area contributed by atoms with Gasteiger partial charge in [-0.3, -0.25) is 0 Å². The molecular weight excluding hydrogens is 335 g/mol. The van der Waals surface area contributed by atoms with Gasteiger partial charge in [0.2, 0.25) is 0 Å². The molecule has 0 radical (unpaired) electrons. The molecule has 2 aromatic rings. The zero-order valence-corrected chi connectivity index (χ0v) is 12.0. The van der Waals surface area contributed by atoms with E-state index in [0.717, 1.165) is 17.0 Å². The van der Waals surface area contributed by atoms with Gasteiger partial charge in [-0.25, -0.2) is 4.98 Å². The number of nitrogens with zero attached hydrogens (tertiary/aromatic N) is 1. The van der Waals surface area contributed by atoms with Crippen LogP contribution in [-0.2, 0) is 0 Å². The number of aromatic nitrogens is 1. The number of thiazole rings is 1. The second-order valence-electron chi connectivity index (χ2n) is 3.00. The summed E-state index contributed by atoms with van der Waals surface area (Å²) in [6.07, 6.45) is 0. The van der Waals surface area contributed by atoms with Gasteiger partial charge in [0.05, 0.1) is 12.3 Å². The smallest absolute Gasteiger partial charge is 0.180 e. The van der Waals surface area contributed by atoms with E-state index in [1.54, 1.807) is 0 Å². The van der Waals surface area contributed by atoms with Crippen molar-refractivity contribution in [1.29, 1.82) is 0 Å². The van der Waals surface area contributed by atoms with Gasteiger partial charge in [0.25, 0.3) is 0 Å². The number of ether oxygens (including phenoxy) is 1. The molecule has 0 atom stereocenters. The maximum absolute atomic E-state index is 5.61. The summed E-state index contributed by atoms with van der Waals surface area (Å²) in [4.78, 5) is 4.24. The Balaban J connectivity index is 0.00000128. The molecule has 1 aromatic carbocycles. The molecule has 0 spiro atoms. The summed E-state index contributed by atoms with van der Waals surface area (Å²) in [5, 5.41) is 2.52. The zero-order valence-electron chi connectivity index (χ0n) is 8.84. The fraction of sp³-hybridized carbons (Fsp3) is 0.182. The lowest BCUT2D eigenvalue weighted by Crippen LogP contribution is -1.94. The molecule has 2 N–H and O–H groups in total. The predicted octanol–water partition coefficient (Wildman–Crippen LogP) is 3.41. The molecule has 0 aliphatic carbocycles. The standard InChI is InChI=1S/C11H12N2OS.HI/c1-2-14-10-6-4-3-5-8(10)9-7-15-11(12)13-9;/h3-7H,2H2,1H3,(H2,12,13);1H. The van der Waals surface area contributed by atoms with Crippen LogP contribution in [0.3, 0.4) is 0 Å². The van der Waals surface area contributed by atoms with Gasteiger partial charge in [-0.15, -0.1) is 35.3 Å². The van der Waals surface area contributed by atoms with Crippen LogP contribution in [0, 0.1) is 0 Å². The van der Waals surface area contributed by atoms with Crippen LogP contribution in [0.5, 0.6) is 5.75 Å². The van der Waals surface area contributed by atoms with Gasteiger partial charge in [-0.05, 0) is 19.1 Å². The molecule has 0 aliphatic heterocycles. The first-order valence-corrected chi connectivity index (χ1v) is 5.62. The van der Waals surface area contributed by atoms with Gasteiger partial charge in [-0.2, -0.15) is 0 Å². The van der Waals surface area contributed by atoms with E-state index < -0.39 is 0 Å². The molecule has 2 rings (SSSR count). The highest BCUT2D eigenvalue weighted by Gasteiger charge is 2.07. The molecule has 86 valence electrons. The van der Waals surface area contributed by atoms with Crippen LogP contribution in [0.15, 0.2) is 29.6 Å². The number of benzene rings is 1. The van der Waals surface area contributed by atoms with Crippen LogP contribution in [0.25, 0.3) is 11.3 Å². The highest BCUT2D eigenvalue weighted by molar-refractivity contribution is 14.0. The van der Waals surface area contributed by atoms with E-state index in [0.29, 0.717) is 11.7 Å². The van der Waals surface area contributed by atoms with Gasteiger partial charge in [-0.1, -0.05) is 12.1 Å². The number of nitrogen functional groups attached to an aromatic ring is 1. The highest BCUT2D eigenvalue weighted by atomic mass is 127. The van der Waals surface area contributed by atoms with Gasteiger partial charge in [0, 0.05) is 10.9 Å². The molecule has 0 fully saturated rings. The molecule has 0 aliphatic rings. The summed E-state index contributed by atoms with van der Waals surface area (Å²) in [6.45, 7) is 2.61. The summed E-state index contributed by atoms with van der Waals surface area (Å²) in [5.41, 5.74) is 7.48. The Morgan fingerprint density at radius 2 is 2.12 bits per heavy atom. The first kappa shape index (κ1) is 13.2. The van der Waals surface area contributed by atoms with Crippen molar-refractivity contribution in [3.8, 4) is 17.0 Å². The van der Waals surface area contributed by atoms with Crippen molar-refractivity contribution in [3.63, 3.8) is 0 Å². The largest absolute Gasteiger partial charge is 0.493 e. The van der Waals surface area contributed by atoms with Crippen molar-refractivity contribution in [3.05, 3.63) is 29.6 Å². The normalized spacial score (nSPS) is 9.56. The molecule has 0 saturated carbocycles. The SMILES string of the molecule is CCOc1ccccc1-c1csc(N)n1.I. The lowest BCUT2D eigenvalue weighted by molar-refractivity contribution is 0.341. The zero-order chi connectivity index (χ0) is 10.7. The Hall–Kier alpha value is -0.820. The molecule has 3 nitrogen and oxygen atoms in total. The lowest BCUT2D eigenvalue weighted by Gasteiger charge is -2.07. The van der Waals surface area contributed by atoms with Crippen LogP contribution < -0.4 is 10.5 Å². The molecule has 1 aromatic heterocycles. The van der Waals surface area contributed by atoms with E-state index in [-0.39, 0.29) is 24.0 Å². The monoisotopic (exact) mass is 348 g/mol. The van der Waals surface area contributed by atoms with Crippen molar-refractivity contribution < 1.29 is 4.74 Å². The number of rotatable bonds is 3. The van der Waals surface area contributed by atoms with Crippen LogP contribution in [0.2, 0.25) is 0 Å². The molecule has 0 saturated heterocycles. The first-order valence-electron chi connectivity index (χ1n) is 4.74. The Kier molecular flexibility index (Phi) is 5.01. The van der Waals surface area contributed by atoms with Crippen molar-refractivity contribution in [2.24, 2.45) is 0 Å². The number of nitrogens with two attached hydrogens (primary N) is 1. The highest BCUT2D eigenvalue weighted by Crippen LogP contribution is 2.31. The van der Waals surface area contributed by atoms with Gasteiger partial charge < -0.3 is 10.5 Å². The van der Waals surface area contributed by atoms with E-state index in [1.165, 1.54) is 11.3 Å². The van der Waals surface area contributed by atoms with Crippen LogP contribution in [0.1, 0.15) is 6.92 Å². The maximum Gasteiger partial charge on any atom is 0.180 e. The lowest BCUT2D eigenvalue weighted by atomic mass is 10.1. The number of anilines is 1. The van der Waals surface area contributed by atoms with Crippen molar-refractivity contribution in [2.45, 2.75) is 6.92 Å². The summed E-state index contributed by atoms with van der Waals surface area (Å²) >= 11 is 1.44. The minimum Gasteiger partial charge on any atom is -0.493 e. The minimum atomic E-state index is 0. The summed E-state index contributed by atoms with van der Waals surface area (Å²) in [7, 11) is 0. The predicted molar refractivity (Wildman–Crippen MR) is 78.5 cm³/mol. The third-order valence-electron chi connectivity index (χ3n) is 1.98. The fourth-order valence-electron chi connectivity index (χ4n) is 1.37. The molecule has 0 amide bonds. The number of hydrogen-bond acceptors (Lipinski definition) is 4. The van der Waals surface area contributed by atoms with Gasteiger partial charge >= 0.3 is 0 Å². The molecule has 0 bridgehead atoms. The molecule has 16 heavy (non-hydrogen) atoms. The molecule has 0 unspecified atom stereocenters. The van der Waals surface area contributed by atoms with E-state index in [2.05, 4.69) is 4.98 Å². The topological polar surface area (TPSA) is 48.1 Å². The van der Waals surface area contributed by atoms with E-state index in [9.17, 15) is 0 Å². The van der Waals surface area contributed by atoms with E-state index in [4.69, 9.17) is 10.5 Å². The van der Waals surface area contributed by atoms with Crippen molar-refractivity contribution in [1.82, 2.24) is 4.98 Å². The van der Waals surface area contributed by atoms with Crippen LogP contribution in [-0.4, -0.2) is 11.6 Å². The van der Waals surface area contributed by atoms with Crippen LogP contribution in [0.4, 0.5) is 5.13 Å². The average Bonchev–Trinajstić information content (AvgIpc) is 2.66. The second-order valence-corrected chi connectivity index (χ2v) is 3.89. The first-order chi connectivity index (χ1) is 7.31. The third-order valence-corrected chi connectivity index (χ3v) is 2.66. The molecule has 1 heterocycles. The Morgan fingerprint density at radius 1 is 1.38 bits per heavy atom. The van der Waals surface area contributed by atoms with Crippen LogP contribution >= 0.6 is 35.3 Å². The summed E-state index contributed by atoms with van der Waals surface area (Å²) < 4.78 is 5.52. The fourth-order valence-corrected chi connectivity index (χ4v) is 1.93. The van der Waals surface area contributed by atoms with Crippen molar-refractivity contribution >= 4 is 40.4 Å². The Morgan fingerprint density at radius 3 is 2.75 bits per heavy atom. The number of para-hydroxylation sites is 1. The molecule has 5 heteroatoms. The van der Waals surface area contributed by atoms with Gasteiger partial charge in [0.15, 0.2) is 5.13 Å². The maximum atomic E-state index is 5.61. The third kappa shape index (κ3) is 2.85.